The van der Waals surface area contributed by atoms with E-state index in [9.17, 15) is 0 Å². The molecule has 7 heteroatoms. The summed E-state index contributed by atoms with van der Waals surface area (Å²) < 4.78 is 12.8. The number of aryl methyl sites for hydroxylation is 1. The van der Waals surface area contributed by atoms with E-state index < -0.39 is 0 Å². The highest BCUT2D eigenvalue weighted by molar-refractivity contribution is 5.03. The first-order chi connectivity index (χ1) is 9.29. The number of rotatable bonds is 4. The lowest BCUT2D eigenvalue weighted by Gasteiger charge is -2.32. The fourth-order valence-corrected chi connectivity index (χ4v) is 2.28. The summed E-state index contributed by atoms with van der Waals surface area (Å²) in [5.74, 6) is 0.902. The predicted molar refractivity (Wildman–Crippen MR) is 66.3 cm³/mol. The van der Waals surface area contributed by atoms with Crippen molar-refractivity contribution in [2.24, 2.45) is 0 Å². The maximum atomic E-state index is 5.75. The average molecular weight is 263 g/mol. The molecule has 2 aromatic heterocycles. The van der Waals surface area contributed by atoms with Gasteiger partial charge in [0.2, 0.25) is 0 Å². The molecule has 0 bridgehead atoms. The molecule has 0 spiro atoms. The third-order valence-electron chi connectivity index (χ3n) is 3.14. The predicted octanol–water partition coefficient (Wildman–Crippen LogP) is 0.476. The molecule has 1 fully saturated rings. The summed E-state index contributed by atoms with van der Waals surface area (Å²) in [5.41, 5.74) is 0.919. The van der Waals surface area contributed by atoms with Crippen LogP contribution in [0, 0.1) is 6.92 Å². The van der Waals surface area contributed by atoms with E-state index in [0.717, 1.165) is 44.2 Å². The molecule has 19 heavy (non-hydrogen) atoms. The van der Waals surface area contributed by atoms with Crippen molar-refractivity contribution in [3.05, 3.63) is 30.2 Å². The Kier molecular flexibility index (Phi) is 3.56. The van der Waals surface area contributed by atoms with Gasteiger partial charge in [0.25, 0.3) is 0 Å². The second-order valence-electron chi connectivity index (χ2n) is 4.78. The SMILES string of the molecule is Cc1cc(CN2CCO[C@H](Cn3cncn3)C2)on1. The van der Waals surface area contributed by atoms with Gasteiger partial charge in [-0.3, -0.25) is 9.58 Å². The molecule has 0 aliphatic carbocycles. The minimum absolute atomic E-state index is 0.138. The highest BCUT2D eigenvalue weighted by atomic mass is 16.5. The standard InChI is InChI=1S/C12H17N5O2/c1-10-4-11(19-15-10)5-16-2-3-18-12(6-16)7-17-9-13-8-14-17/h4,8-9,12H,2-3,5-7H2,1H3/t12-/m0/s1. The second kappa shape index (κ2) is 5.50. The van der Waals surface area contributed by atoms with Crippen molar-refractivity contribution in [2.45, 2.75) is 26.1 Å². The average Bonchev–Trinajstić information content (AvgIpc) is 3.02. The molecule has 1 saturated heterocycles. The van der Waals surface area contributed by atoms with Gasteiger partial charge < -0.3 is 9.26 Å². The first-order valence-corrected chi connectivity index (χ1v) is 6.38. The molecule has 0 N–H and O–H groups in total. The van der Waals surface area contributed by atoms with Gasteiger partial charge in [0.15, 0.2) is 5.76 Å². The molecule has 1 atom stereocenters. The zero-order valence-electron chi connectivity index (χ0n) is 10.9. The molecule has 3 rings (SSSR count). The Balaban J connectivity index is 1.55. The lowest BCUT2D eigenvalue weighted by molar-refractivity contribution is -0.0422. The van der Waals surface area contributed by atoms with Crippen LogP contribution in [0.1, 0.15) is 11.5 Å². The summed E-state index contributed by atoms with van der Waals surface area (Å²) in [4.78, 5) is 6.25. The zero-order valence-corrected chi connectivity index (χ0v) is 10.9. The third-order valence-corrected chi connectivity index (χ3v) is 3.14. The number of hydrogen-bond donors (Lipinski definition) is 0. The van der Waals surface area contributed by atoms with Crippen LogP contribution < -0.4 is 0 Å². The summed E-state index contributed by atoms with van der Waals surface area (Å²) in [6.07, 6.45) is 3.39. The molecule has 0 saturated carbocycles. The number of morpholine rings is 1. The van der Waals surface area contributed by atoms with Crippen LogP contribution in [-0.2, 0) is 17.8 Å². The van der Waals surface area contributed by atoms with E-state index in [1.807, 2.05) is 13.0 Å². The number of hydrogen-bond acceptors (Lipinski definition) is 6. The molecule has 0 unspecified atom stereocenters. The van der Waals surface area contributed by atoms with Gasteiger partial charge in [0.05, 0.1) is 31.5 Å². The fraction of sp³-hybridized carbons (Fsp3) is 0.583. The van der Waals surface area contributed by atoms with Crippen LogP contribution in [0.3, 0.4) is 0 Å². The van der Waals surface area contributed by atoms with Gasteiger partial charge in [0, 0.05) is 19.2 Å². The van der Waals surface area contributed by atoms with E-state index in [0.29, 0.717) is 0 Å². The summed E-state index contributed by atoms with van der Waals surface area (Å²) in [7, 11) is 0. The summed E-state index contributed by atoms with van der Waals surface area (Å²) in [5, 5.41) is 8.01. The van der Waals surface area contributed by atoms with Crippen LogP contribution in [0.25, 0.3) is 0 Å². The molecular weight excluding hydrogens is 246 g/mol. The minimum atomic E-state index is 0.138. The number of ether oxygens (including phenoxy) is 1. The smallest absolute Gasteiger partial charge is 0.150 e. The molecular formula is C12H17N5O2. The Morgan fingerprint density at radius 1 is 1.47 bits per heavy atom. The second-order valence-corrected chi connectivity index (χ2v) is 4.78. The van der Waals surface area contributed by atoms with Gasteiger partial charge in [-0.25, -0.2) is 4.98 Å². The fourth-order valence-electron chi connectivity index (χ4n) is 2.28. The van der Waals surface area contributed by atoms with Crippen molar-refractivity contribution in [2.75, 3.05) is 19.7 Å². The molecule has 2 aromatic rings. The van der Waals surface area contributed by atoms with Crippen LogP contribution in [0.4, 0.5) is 0 Å². The Morgan fingerprint density at radius 3 is 3.16 bits per heavy atom. The van der Waals surface area contributed by atoms with Crippen molar-refractivity contribution < 1.29 is 9.26 Å². The highest BCUT2D eigenvalue weighted by Crippen LogP contribution is 2.12. The topological polar surface area (TPSA) is 69.2 Å². The van der Waals surface area contributed by atoms with E-state index >= 15 is 0 Å². The Labute approximate surface area is 111 Å². The maximum Gasteiger partial charge on any atom is 0.150 e. The van der Waals surface area contributed by atoms with Crippen molar-refractivity contribution in [3.8, 4) is 0 Å². The van der Waals surface area contributed by atoms with Gasteiger partial charge >= 0.3 is 0 Å². The molecule has 7 nitrogen and oxygen atoms in total. The molecule has 0 radical (unpaired) electrons. The third kappa shape index (κ3) is 3.18. The lowest BCUT2D eigenvalue weighted by atomic mass is 10.2. The van der Waals surface area contributed by atoms with Gasteiger partial charge in [0.1, 0.15) is 12.7 Å². The summed E-state index contributed by atoms with van der Waals surface area (Å²) >= 11 is 0. The Bertz CT molecular complexity index is 510. The van der Waals surface area contributed by atoms with Gasteiger partial charge in [-0.05, 0) is 6.92 Å². The number of aromatic nitrogens is 4. The zero-order chi connectivity index (χ0) is 13.1. The molecule has 1 aliphatic heterocycles. The molecule has 1 aliphatic rings. The van der Waals surface area contributed by atoms with Crippen LogP contribution in [0.2, 0.25) is 0 Å². The van der Waals surface area contributed by atoms with Crippen LogP contribution in [-0.4, -0.2) is 50.6 Å². The van der Waals surface area contributed by atoms with E-state index in [2.05, 4.69) is 20.1 Å². The van der Waals surface area contributed by atoms with E-state index in [1.54, 1.807) is 11.0 Å². The van der Waals surface area contributed by atoms with Crippen molar-refractivity contribution in [1.82, 2.24) is 24.8 Å². The van der Waals surface area contributed by atoms with Gasteiger partial charge in [-0.2, -0.15) is 5.10 Å². The molecule has 0 amide bonds. The Morgan fingerprint density at radius 2 is 2.42 bits per heavy atom. The minimum Gasteiger partial charge on any atom is -0.374 e. The van der Waals surface area contributed by atoms with Crippen LogP contribution >= 0.6 is 0 Å². The van der Waals surface area contributed by atoms with Crippen molar-refractivity contribution in [1.29, 1.82) is 0 Å². The first kappa shape index (κ1) is 12.3. The van der Waals surface area contributed by atoms with Crippen molar-refractivity contribution >= 4 is 0 Å². The quantitative estimate of drug-likeness (QED) is 0.799. The molecule has 0 aromatic carbocycles. The number of nitrogens with zero attached hydrogens (tertiary/aromatic N) is 5. The van der Waals surface area contributed by atoms with E-state index in [1.165, 1.54) is 6.33 Å². The largest absolute Gasteiger partial charge is 0.374 e. The first-order valence-electron chi connectivity index (χ1n) is 6.38. The highest BCUT2D eigenvalue weighted by Gasteiger charge is 2.22. The maximum absolute atomic E-state index is 5.75. The van der Waals surface area contributed by atoms with E-state index in [4.69, 9.17) is 9.26 Å². The molecule has 3 heterocycles. The van der Waals surface area contributed by atoms with E-state index in [-0.39, 0.29) is 6.10 Å². The van der Waals surface area contributed by atoms with Crippen LogP contribution in [0.5, 0.6) is 0 Å². The van der Waals surface area contributed by atoms with Gasteiger partial charge in [-0.15, -0.1) is 0 Å². The van der Waals surface area contributed by atoms with Crippen LogP contribution in [0.15, 0.2) is 23.2 Å². The normalized spacial score (nSPS) is 20.8. The summed E-state index contributed by atoms with van der Waals surface area (Å²) in [6.45, 7) is 5.93. The summed E-state index contributed by atoms with van der Waals surface area (Å²) in [6, 6.07) is 1.97. The lowest BCUT2D eigenvalue weighted by Crippen LogP contribution is -2.43. The van der Waals surface area contributed by atoms with Gasteiger partial charge in [-0.1, -0.05) is 5.16 Å². The van der Waals surface area contributed by atoms with Crippen molar-refractivity contribution in [3.63, 3.8) is 0 Å². The molecule has 102 valence electrons. The monoisotopic (exact) mass is 263 g/mol. The Hall–Kier alpha value is -1.73.